The third kappa shape index (κ3) is 3.41. The summed E-state index contributed by atoms with van der Waals surface area (Å²) in [6.07, 6.45) is 5.41. The molecular formula is C14H20ClNOS. The molecule has 3 atom stereocenters. The lowest BCUT2D eigenvalue weighted by Crippen LogP contribution is -2.36. The van der Waals surface area contributed by atoms with E-state index >= 15 is 0 Å². The van der Waals surface area contributed by atoms with Crippen LogP contribution < -0.4 is 5.32 Å². The van der Waals surface area contributed by atoms with Crippen molar-refractivity contribution in [3.8, 4) is 0 Å². The predicted molar refractivity (Wildman–Crippen MR) is 79.4 cm³/mol. The molecule has 0 aliphatic heterocycles. The zero-order valence-corrected chi connectivity index (χ0v) is 12.2. The highest BCUT2D eigenvalue weighted by atomic mass is 35.5. The van der Waals surface area contributed by atoms with Gasteiger partial charge in [0.25, 0.3) is 0 Å². The van der Waals surface area contributed by atoms with E-state index < -0.39 is 6.10 Å². The standard InChI is InChI=1S/C14H20ClNOS/c1-18-14-8-4-7-12(14)16-9-13(17)10-5-2-3-6-11(10)15/h2-3,5-6,12-14,16-17H,4,7-9H2,1H3. The van der Waals surface area contributed by atoms with Crippen LogP contribution in [0.1, 0.15) is 30.9 Å². The molecule has 1 aromatic carbocycles. The average Bonchev–Trinajstić information content (AvgIpc) is 2.84. The van der Waals surface area contributed by atoms with Gasteiger partial charge in [-0.25, -0.2) is 0 Å². The molecule has 0 aromatic heterocycles. The summed E-state index contributed by atoms with van der Waals surface area (Å²) in [6.45, 7) is 0.575. The fourth-order valence-corrected chi connectivity index (χ4v) is 3.78. The molecule has 2 rings (SSSR count). The number of thioether (sulfide) groups is 1. The van der Waals surface area contributed by atoms with Gasteiger partial charge < -0.3 is 10.4 Å². The molecule has 1 saturated carbocycles. The summed E-state index contributed by atoms with van der Waals surface area (Å²) in [7, 11) is 0. The van der Waals surface area contributed by atoms with E-state index in [9.17, 15) is 5.11 Å². The minimum Gasteiger partial charge on any atom is -0.387 e. The van der Waals surface area contributed by atoms with Crippen molar-refractivity contribution in [3.63, 3.8) is 0 Å². The minimum atomic E-state index is -0.526. The van der Waals surface area contributed by atoms with Gasteiger partial charge in [0, 0.05) is 28.4 Å². The molecule has 0 saturated heterocycles. The summed E-state index contributed by atoms with van der Waals surface area (Å²) in [5.41, 5.74) is 0.811. The lowest BCUT2D eigenvalue weighted by Gasteiger charge is -2.21. The molecule has 1 aliphatic rings. The number of hydrogen-bond acceptors (Lipinski definition) is 3. The van der Waals surface area contributed by atoms with Crippen molar-refractivity contribution in [2.75, 3.05) is 12.8 Å². The van der Waals surface area contributed by atoms with Crippen LogP contribution in [0, 0.1) is 0 Å². The summed E-state index contributed by atoms with van der Waals surface area (Å²) in [5.74, 6) is 0. The van der Waals surface area contributed by atoms with Gasteiger partial charge in [-0.2, -0.15) is 11.8 Å². The summed E-state index contributed by atoms with van der Waals surface area (Å²) in [6, 6.07) is 8.02. The van der Waals surface area contributed by atoms with E-state index in [1.807, 2.05) is 36.0 Å². The Balaban J connectivity index is 1.88. The fraction of sp³-hybridized carbons (Fsp3) is 0.571. The van der Waals surface area contributed by atoms with Gasteiger partial charge >= 0.3 is 0 Å². The molecule has 0 bridgehead atoms. The summed E-state index contributed by atoms with van der Waals surface area (Å²) < 4.78 is 0. The van der Waals surface area contributed by atoms with Gasteiger partial charge in [-0.05, 0) is 25.2 Å². The monoisotopic (exact) mass is 285 g/mol. The Hall–Kier alpha value is -0.220. The van der Waals surface area contributed by atoms with Gasteiger partial charge in [0.2, 0.25) is 0 Å². The highest BCUT2D eigenvalue weighted by molar-refractivity contribution is 7.99. The molecule has 0 spiro atoms. The third-order valence-electron chi connectivity index (χ3n) is 3.59. The lowest BCUT2D eigenvalue weighted by atomic mass is 10.1. The Morgan fingerprint density at radius 1 is 1.44 bits per heavy atom. The van der Waals surface area contributed by atoms with Crippen molar-refractivity contribution in [2.45, 2.75) is 36.7 Å². The van der Waals surface area contributed by atoms with E-state index in [0.717, 1.165) is 5.56 Å². The van der Waals surface area contributed by atoms with Crippen LogP contribution in [0.3, 0.4) is 0 Å². The SMILES string of the molecule is CSC1CCCC1NCC(O)c1ccccc1Cl. The third-order valence-corrected chi connectivity index (χ3v) is 5.11. The van der Waals surface area contributed by atoms with Gasteiger partial charge in [0.05, 0.1) is 6.10 Å². The van der Waals surface area contributed by atoms with Crippen molar-refractivity contribution < 1.29 is 5.11 Å². The topological polar surface area (TPSA) is 32.3 Å². The second-order valence-corrected chi connectivity index (χ2v) is 6.24. The predicted octanol–water partition coefficient (Wildman–Crippen LogP) is 3.25. The maximum Gasteiger partial charge on any atom is 0.0928 e. The molecule has 0 amide bonds. The van der Waals surface area contributed by atoms with E-state index in [2.05, 4.69) is 11.6 Å². The lowest BCUT2D eigenvalue weighted by molar-refractivity contribution is 0.170. The molecule has 1 aliphatic carbocycles. The molecule has 0 heterocycles. The van der Waals surface area contributed by atoms with Crippen LogP contribution in [0.15, 0.2) is 24.3 Å². The number of rotatable bonds is 5. The van der Waals surface area contributed by atoms with Gasteiger partial charge in [-0.3, -0.25) is 0 Å². The van der Waals surface area contributed by atoms with Crippen LogP contribution in [-0.4, -0.2) is 29.2 Å². The molecule has 3 unspecified atom stereocenters. The first-order valence-corrected chi connectivity index (χ1v) is 8.07. The second-order valence-electron chi connectivity index (χ2n) is 4.76. The summed E-state index contributed by atoms with van der Waals surface area (Å²) in [5, 5.41) is 15.0. The second kappa shape index (κ2) is 6.80. The quantitative estimate of drug-likeness (QED) is 0.871. The summed E-state index contributed by atoms with van der Waals surface area (Å²) >= 11 is 8.00. The van der Waals surface area contributed by atoms with E-state index in [1.165, 1.54) is 19.3 Å². The van der Waals surface area contributed by atoms with Crippen molar-refractivity contribution in [1.82, 2.24) is 5.32 Å². The molecule has 100 valence electrons. The molecule has 0 radical (unpaired) electrons. The van der Waals surface area contributed by atoms with E-state index in [4.69, 9.17) is 11.6 Å². The highest BCUT2D eigenvalue weighted by Crippen LogP contribution is 2.29. The first kappa shape index (κ1) is 14.2. The first-order chi connectivity index (χ1) is 8.72. The normalized spacial score (nSPS) is 25.3. The molecular weight excluding hydrogens is 266 g/mol. The molecule has 4 heteroatoms. The largest absolute Gasteiger partial charge is 0.387 e. The van der Waals surface area contributed by atoms with Crippen LogP contribution in [-0.2, 0) is 0 Å². The highest BCUT2D eigenvalue weighted by Gasteiger charge is 2.26. The molecule has 18 heavy (non-hydrogen) atoms. The number of benzene rings is 1. The Kier molecular flexibility index (Phi) is 5.37. The zero-order chi connectivity index (χ0) is 13.0. The molecule has 1 fully saturated rings. The Labute approximate surface area is 118 Å². The zero-order valence-electron chi connectivity index (χ0n) is 10.6. The smallest absolute Gasteiger partial charge is 0.0928 e. The number of hydrogen-bond donors (Lipinski definition) is 2. The van der Waals surface area contributed by atoms with Crippen LogP contribution in [0.25, 0.3) is 0 Å². The van der Waals surface area contributed by atoms with Crippen molar-refractivity contribution in [3.05, 3.63) is 34.9 Å². The molecule has 2 N–H and O–H groups in total. The van der Waals surface area contributed by atoms with Crippen LogP contribution in [0.5, 0.6) is 0 Å². The van der Waals surface area contributed by atoms with Crippen molar-refractivity contribution in [1.29, 1.82) is 0 Å². The van der Waals surface area contributed by atoms with Crippen molar-refractivity contribution in [2.24, 2.45) is 0 Å². The van der Waals surface area contributed by atoms with Gasteiger partial charge in [0.1, 0.15) is 0 Å². The van der Waals surface area contributed by atoms with E-state index in [0.29, 0.717) is 22.9 Å². The first-order valence-electron chi connectivity index (χ1n) is 6.41. The molecule has 1 aromatic rings. The number of aliphatic hydroxyl groups is 1. The van der Waals surface area contributed by atoms with Crippen LogP contribution in [0.4, 0.5) is 0 Å². The average molecular weight is 286 g/mol. The fourth-order valence-electron chi connectivity index (χ4n) is 2.56. The maximum absolute atomic E-state index is 10.2. The van der Waals surface area contributed by atoms with Gasteiger partial charge in [-0.15, -0.1) is 0 Å². The van der Waals surface area contributed by atoms with Crippen LogP contribution in [0.2, 0.25) is 5.02 Å². The van der Waals surface area contributed by atoms with Gasteiger partial charge in [0.15, 0.2) is 0 Å². The van der Waals surface area contributed by atoms with E-state index in [-0.39, 0.29) is 0 Å². The minimum absolute atomic E-state index is 0.525. The number of nitrogens with one attached hydrogen (secondary N) is 1. The number of halogens is 1. The Morgan fingerprint density at radius 2 is 2.22 bits per heavy atom. The van der Waals surface area contributed by atoms with Gasteiger partial charge in [-0.1, -0.05) is 36.2 Å². The molecule has 2 nitrogen and oxygen atoms in total. The maximum atomic E-state index is 10.2. The summed E-state index contributed by atoms with van der Waals surface area (Å²) in [4.78, 5) is 0. The Morgan fingerprint density at radius 3 is 2.94 bits per heavy atom. The Bertz CT molecular complexity index is 388. The number of aliphatic hydroxyl groups excluding tert-OH is 1. The van der Waals surface area contributed by atoms with E-state index in [1.54, 1.807) is 0 Å². The van der Waals surface area contributed by atoms with Crippen LogP contribution >= 0.6 is 23.4 Å². The van der Waals surface area contributed by atoms with Crippen molar-refractivity contribution >= 4 is 23.4 Å².